The highest BCUT2D eigenvalue weighted by molar-refractivity contribution is 7.20. The Hall–Kier alpha value is -5.61. The molecule has 0 aliphatic carbocycles. The molecule has 4 aromatic carbocycles. The summed E-state index contributed by atoms with van der Waals surface area (Å²) in [5.74, 6) is -0.987. The Balaban J connectivity index is 1.20. The number of thiazole rings is 1. The quantitative estimate of drug-likeness (QED) is 0.202. The fraction of sp³-hybridized carbons (Fsp3) is 0.114. The Morgan fingerprint density at radius 2 is 1.64 bits per heavy atom. The number of nitrogens with one attached hydrogen (secondary N) is 2. The summed E-state index contributed by atoms with van der Waals surface area (Å²) in [4.78, 5) is 46.5. The summed E-state index contributed by atoms with van der Waals surface area (Å²) >= 11 is 1.19. The van der Waals surface area contributed by atoms with Crippen LogP contribution in [0, 0.1) is 6.92 Å². The van der Waals surface area contributed by atoms with Gasteiger partial charge in [0, 0.05) is 31.7 Å². The van der Waals surface area contributed by atoms with Gasteiger partial charge in [-0.2, -0.15) is 5.10 Å². The average molecular weight is 615 g/mol. The standard InChI is InChI=1S/C35H30N6O3S/c1-23-13-15-24(16-14-23)22-40(2)35(44)31(25-9-4-3-5-10-25)39-33(43)34-38-28-18-17-26(21-30(28)45-34)37-32(42)27-11-6-7-12-29(27)41-20-8-19-36-41/h3-21,31H,22H2,1-2H3,(H,37,42)(H,39,43)/t31-/m0/s1. The molecule has 0 saturated carbocycles. The highest BCUT2D eigenvalue weighted by Gasteiger charge is 2.27. The molecule has 9 nitrogen and oxygen atoms in total. The summed E-state index contributed by atoms with van der Waals surface area (Å²) in [7, 11) is 1.73. The van der Waals surface area contributed by atoms with Crippen LogP contribution in [0.15, 0.2) is 116 Å². The summed E-state index contributed by atoms with van der Waals surface area (Å²) in [6, 6.07) is 30.6. The van der Waals surface area contributed by atoms with Gasteiger partial charge in [0.1, 0.15) is 6.04 Å². The number of likely N-dealkylation sites (N-methyl/N-ethyl adjacent to an activating group) is 1. The van der Waals surface area contributed by atoms with E-state index in [2.05, 4.69) is 20.7 Å². The van der Waals surface area contributed by atoms with E-state index in [-0.39, 0.29) is 16.8 Å². The predicted molar refractivity (Wildman–Crippen MR) is 175 cm³/mol. The van der Waals surface area contributed by atoms with Crippen LogP contribution in [0.4, 0.5) is 5.69 Å². The number of aromatic nitrogens is 3. The van der Waals surface area contributed by atoms with Gasteiger partial charge in [0.15, 0.2) is 5.01 Å². The van der Waals surface area contributed by atoms with Gasteiger partial charge in [-0.15, -0.1) is 11.3 Å². The topological polar surface area (TPSA) is 109 Å². The number of benzene rings is 4. The first-order valence-corrected chi connectivity index (χ1v) is 15.1. The summed E-state index contributed by atoms with van der Waals surface area (Å²) in [6.45, 7) is 2.42. The van der Waals surface area contributed by atoms with Crippen LogP contribution in [0.3, 0.4) is 0 Å². The van der Waals surface area contributed by atoms with Crippen molar-refractivity contribution in [1.29, 1.82) is 0 Å². The molecule has 0 spiro atoms. The number of rotatable bonds is 9. The van der Waals surface area contributed by atoms with Crippen LogP contribution in [-0.2, 0) is 11.3 Å². The number of aryl methyl sites for hydroxylation is 1. The molecule has 0 unspecified atom stereocenters. The van der Waals surface area contributed by atoms with Crippen molar-refractivity contribution < 1.29 is 14.4 Å². The van der Waals surface area contributed by atoms with Crippen LogP contribution < -0.4 is 10.6 Å². The molecule has 0 aliphatic heterocycles. The van der Waals surface area contributed by atoms with Crippen molar-refractivity contribution in [2.75, 3.05) is 12.4 Å². The lowest BCUT2D eigenvalue weighted by Crippen LogP contribution is -2.41. The smallest absolute Gasteiger partial charge is 0.281 e. The first kappa shape index (κ1) is 29.5. The van der Waals surface area contributed by atoms with Gasteiger partial charge >= 0.3 is 0 Å². The summed E-state index contributed by atoms with van der Waals surface area (Å²) in [5, 5.41) is 10.3. The van der Waals surface area contributed by atoms with E-state index in [1.54, 1.807) is 65.4 Å². The van der Waals surface area contributed by atoms with Crippen molar-refractivity contribution in [3.63, 3.8) is 0 Å². The fourth-order valence-corrected chi connectivity index (χ4v) is 5.87. The van der Waals surface area contributed by atoms with Gasteiger partial charge in [0.25, 0.3) is 11.8 Å². The van der Waals surface area contributed by atoms with Crippen molar-refractivity contribution >= 4 is 45.0 Å². The largest absolute Gasteiger partial charge is 0.339 e. The Morgan fingerprint density at radius 3 is 2.40 bits per heavy atom. The van der Waals surface area contributed by atoms with Gasteiger partial charge in [-0.25, -0.2) is 9.67 Å². The van der Waals surface area contributed by atoms with Crippen LogP contribution in [0.5, 0.6) is 0 Å². The minimum Gasteiger partial charge on any atom is -0.339 e. The van der Waals surface area contributed by atoms with Crippen molar-refractivity contribution in [2.24, 2.45) is 0 Å². The number of anilines is 1. The average Bonchev–Trinajstić information content (AvgIpc) is 3.75. The maximum atomic E-state index is 13.7. The van der Waals surface area contributed by atoms with E-state index in [0.29, 0.717) is 34.6 Å². The van der Waals surface area contributed by atoms with Gasteiger partial charge in [-0.05, 0) is 54.4 Å². The third kappa shape index (κ3) is 6.66. The second kappa shape index (κ2) is 12.9. The molecule has 1 atom stereocenters. The molecule has 2 aromatic heterocycles. The SMILES string of the molecule is Cc1ccc(CN(C)C(=O)[C@@H](NC(=O)c2nc3ccc(NC(=O)c4ccccc4-n4cccn4)cc3s2)c2ccccc2)cc1. The van der Waals surface area contributed by atoms with Gasteiger partial charge in [-0.1, -0.05) is 72.3 Å². The Labute approximate surface area is 264 Å². The Bertz CT molecular complexity index is 1970. The van der Waals surface area contributed by atoms with Gasteiger partial charge < -0.3 is 15.5 Å². The van der Waals surface area contributed by atoms with Crippen LogP contribution in [0.2, 0.25) is 0 Å². The minimum absolute atomic E-state index is 0.215. The van der Waals surface area contributed by atoms with Gasteiger partial charge in [-0.3, -0.25) is 14.4 Å². The first-order valence-electron chi connectivity index (χ1n) is 14.3. The summed E-state index contributed by atoms with van der Waals surface area (Å²) in [5.41, 5.74) is 5.11. The number of carbonyl (C=O) groups is 3. The zero-order chi connectivity index (χ0) is 31.3. The normalized spacial score (nSPS) is 11.6. The molecule has 2 heterocycles. The van der Waals surface area contributed by atoms with E-state index in [9.17, 15) is 14.4 Å². The molecule has 10 heteroatoms. The molecule has 0 radical (unpaired) electrons. The number of carbonyl (C=O) groups excluding carboxylic acids is 3. The Morgan fingerprint density at radius 1 is 0.889 bits per heavy atom. The Kier molecular flexibility index (Phi) is 8.47. The molecule has 2 N–H and O–H groups in total. The van der Waals surface area contributed by atoms with E-state index >= 15 is 0 Å². The summed E-state index contributed by atoms with van der Waals surface area (Å²) < 4.78 is 2.36. The maximum absolute atomic E-state index is 13.7. The number of amides is 3. The molecule has 45 heavy (non-hydrogen) atoms. The third-order valence-electron chi connectivity index (χ3n) is 7.31. The van der Waals surface area contributed by atoms with Crippen molar-refractivity contribution in [3.05, 3.63) is 143 Å². The highest BCUT2D eigenvalue weighted by Crippen LogP contribution is 2.27. The number of hydrogen-bond acceptors (Lipinski definition) is 6. The van der Waals surface area contributed by atoms with Crippen LogP contribution >= 0.6 is 11.3 Å². The van der Waals surface area contributed by atoms with Crippen LogP contribution in [0.1, 0.15) is 42.9 Å². The van der Waals surface area contributed by atoms with Crippen LogP contribution in [0.25, 0.3) is 15.9 Å². The van der Waals surface area contributed by atoms with E-state index in [1.165, 1.54) is 11.3 Å². The van der Waals surface area contributed by atoms with Crippen molar-refractivity contribution in [1.82, 2.24) is 25.0 Å². The maximum Gasteiger partial charge on any atom is 0.281 e. The van der Waals surface area contributed by atoms with Crippen LogP contribution in [-0.4, -0.2) is 44.4 Å². The van der Waals surface area contributed by atoms with E-state index in [0.717, 1.165) is 15.8 Å². The first-order chi connectivity index (χ1) is 21.9. The zero-order valence-electron chi connectivity index (χ0n) is 24.7. The fourth-order valence-electron chi connectivity index (χ4n) is 4.97. The second-order valence-electron chi connectivity index (χ2n) is 10.6. The van der Waals surface area contributed by atoms with Crippen molar-refractivity contribution in [3.8, 4) is 5.69 Å². The van der Waals surface area contributed by atoms with E-state index in [1.807, 2.05) is 73.7 Å². The minimum atomic E-state index is -0.897. The molecule has 6 aromatic rings. The molecule has 0 bridgehead atoms. The highest BCUT2D eigenvalue weighted by atomic mass is 32.1. The van der Waals surface area contributed by atoms with Gasteiger partial charge in [0.2, 0.25) is 5.91 Å². The molecular formula is C35H30N6O3S. The number of nitrogens with zero attached hydrogens (tertiary/aromatic N) is 4. The molecule has 224 valence electrons. The number of fused-ring (bicyclic) bond motifs is 1. The summed E-state index contributed by atoms with van der Waals surface area (Å²) in [6.07, 6.45) is 3.43. The number of para-hydroxylation sites is 1. The second-order valence-corrected chi connectivity index (χ2v) is 11.7. The molecule has 0 aliphatic rings. The van der Waals surface area contributed by atoms with E-state index < -0.39 is 11.9 Å². The molecule has 3 amide bonds. The predicted octanol–water partition coefficient (Wildman–Crippen LogP) is 6.17. The zero-order valence-corrected chi connectivity index (χ0v) is 25.5. The lowest BCUT2D eigenvalue weighted by molar-refractivity contribution is -0.132. The third-order valence-corrected chi connectivity index (χ3v) is 8.33. The lowest BCUT2D eigenvalue weighted by Gasteiger charge is -2.25. The molecule has 6 rings (SSSR count). The monoisotopic (exact) mass is 614 g/mol. The van der Waals surface area contributed by atoms with E-state index in [4.69, 9.17) is 0 Å². The number of hydrogen-bond donors (Lipinski definition) is 2. The van der Waals surface area contributed by atoms with Gasteiger partial charge in [0.05, 0.1) is 21.5 Å². The molecular weight excluding hydrogens is 584 g/mol. The van der Waals surface area contributed by atoms with Crippen molar-refractivity contribution in [2.45, 2.75) is 19.5 Å². The molecule has 0 saturated heterocycles. The molecule has 0 fully saturated rings. The lowest BCUT2D eigenvalue weighted by atomic mass is 10.0.